The second-order valence-electron chi connectivity index (χ2n) is 10.4. The number of carbonyl (C=O) groups excluding carboxylic acids is 1. The summed E-state index contributed by atoms with van der Waals surface area (Å²) in [6.45, 7) is 7.70. The number of nitrogens with one attached hydrogen (secondary N) is 1. The van der Waals surface area contributed by atoms with Gasteiger partial charge in [0.2, 0.25) is 0 Å². The van der Waals surface area contributed by atoms with Gasteiger partial charge in [0.25, 0.3) is 5.91 Å². The van der Waals surface area contributed by atoms with Gasteiger partial charge < -0.3 is 15.2 Å². The lowest BCUT2D eigenvalue weighted by Crippen LogP contribution is -2.30. The van der Waals surface area contributed by atoms with Crippen molar-refractivity contribution in [3.63, 3.8) is 0 Å². The zero-order valence-corrected chi connectivity index (χ0v) is 22.9. The number of halogens is 4. The van der Waals surface area contributed by atoms with Gasteiger partial charge in [0.05, 0.1) is 11.6 Å². The minimum Gasteiger partial charge on any atom is -0.489 e. The Balaban J connectivity index is 1.88. The molecule has 3 aromatic carbocycles. The molecular formula is C31H33F4NO4. The van der Waals surface area contributed by atoms with Crippen molar-refractivity contribution in [1.82, 2.24) is 5.32 Å². The molecule has 1 amide bonds. The van der Waals surface area contributed by atoms with Gasteiger partial charge in [-0.15, -0.1) is 0 Å². The molecule has 0 spiro atoms. The third-order valence-electron chi connectivity index (χ3n) is 6.37. The summed E-state index contributed by atoms with van der Waals surface area (Å²) in [5.41, 5.74) is 2.60. The standard InChI is InChI=1S/C31H33F4NO4/c1-18(2)11-28(23-13-19(3)12-20(4)14-23)36-30(39)26-16-25(9-6-21(26)7-10-29(37)38)40-17-22-5-8-24(15-27(22)32)31(33,34)35/h5-6,8-9,12-16,18,28H,7,10-11,17H2,1-4H3,(H,36,39)(H,37,38). The number of carbonyl (C=O) groups is 2. The lowest BCUT2D eigenvalue weighted by molar-refractivity contribution is -0.138. The molecule has 0 radical (unpaired) electrons. The van der Waals surface area contributed by atoms with Crippen LogP contribution in [0, 0.1) is 25.6 Å². The summed E-state index contributed by atoms with van der Waals surface area (Å²) in [6.07, 6.45) is -4.09. The Hall–Kier alpha value is -3.88. The van der Waals surface area contributed by atoms with Crippen molar-refractivity contribution in [1.29, 1.82) is 0 Å². The molecule has 0 aromatic heterocycles. The van der Waals surface area contributed by atoms with Gasteiger partial charge in [-0.25, -0.2) is 4.39 Å². The molecule has 0 bridgehead atoms. The molecule has 1 unspecified atom stereocenters. The Morgan fingerprint density at radius 1 is 0.950 bits per heavy atom. The number of aryl methyl sites for hydroxylation is 3. The minimum absolute atomic E-state index is 0.0826. The van der Waals surface area contributed by atoms with Crippen LogP contribution in [0.2, 0.25) is 0 Å². The molecule has 2 N–H and O–H groups in total. The molecule has 0 aliphatic carbocycles. The van der Waals surface area contributed by atoms with Gasteiger partial charge >= 0.3 is 12.1 Å². The van der Waals surface area contributed by atoms with Crippen LogP contribution in [0.25, 0.3) is 0 Å². The van der Waals surface area contributed by atoms with Crippen molar-refractivity contribution in [2.24, 2.45) is 5.92 Å². The van der Waals surface area contributed by atoms with Gasteiger partial charge in [-0.05, 0) is 68.0 Å². The smallest absolute Gasteiger partial charge is 0.416 e. The SMILES string of the molecule is Cc1cc(C)cc(C(CC(C)C)NC(=O)c2cc(OCc3ccc(C(F)(F)F)cc3F)ccc2CCC(=O)O)c1. The number of rotatable bonds is 11. The van der Waals surface area contributed by atoms with Crippen LogP contribution in [-0.4, -0.2) is 17.0 Å². The summed E-state index contributed by atoms with van der Waals surface area (Å²) in [5, 5.41) is 12.3. The van der Waals surface area contributed by atoms with Crippen LogP contribution >= 0.6 is 0 Å². The maximum absolute atomic E-state index is 14.3. The van der Waals surface area contributed by atoms with E-state index in [1.54, 1.807) is 6.07 Å². The summed E-state index contributed by atoms with van der Waals surface area (Å²) in [7, 11) is 0. The van der Waals surface area contributed by atoms with Gasteiger partial charge in [0.15, 0.2) is 0 Å². The van der Waals surface area contributed by atoms with E-state index in [-0.39, 0.29) is 48.3 Å². The number of benzene rings is 3. The largest absolute Gasteiger partial charge is 0.489 e. The lowest BCUT2D eigenvalue weighted by Gasteiger charge is -2.23. The first-order valence-corrected chi connectivity index (χ1v) is 12.9. The number of alkyl halides is 3. The number of carboxylic acid groups (broad SMARTS) is 1. The first-order chi connectivity index (χ1) is 18.7. The molecule has 9 heteroatoms. The third kappa shape index (κ3) is 8.56. The van der Waals surface area contributed by atoms with E-state index in [4.69, 9.17) is 4.74 Å². The van der Waals surface area contributed by atoms with E-state index in [0.29, 0.717) is 18.1 Å². The molecule has 0 saturated carbocycles. The highest BCUT2D eigenvalue weighted by Crippen LogP contribution is 2.31. The second-order valence-corrected chi connectivity index (χ2v) is 10.4. The zero-order valence-electron chi connectivity index (χ0n) is 22.9. The van der Waals surface area contributed by atoms with Crippen LogP contribution in [0.4, 0.5) is 17.6 Å². The quantitative estimate of drug-likeness (QED) is 0.238. The Kier molecular flexibility index (Phi) is 9.95. The fraction of sp³-hybridized carbons (Fsp3) is 0.355. The van der Waals surface area contributed by atoms with Crippen LogP contribution < -0.4 is 10.1 Å². The number of hydrogen-bond acceptors (Lipinski definition) is 3. The lowest BCUT2D eigenvalue weighted by atomic mass is 9.93. The number of amides is 1. The molecule has 0 heterocycles. The maximum Gasteiger partial charge on any atom is 0.416 e. The summed E-state index contributed by atoms with van der Waals surface area (Å²) >= 11 is 0. The van der Waals surface area contributed by atoms with Gasteiger partial charge in [-0.1, -0.05) is 55.3 Å². The average molecular weight is 560 g/mol. The normalized spacial score (nSPS) is 12.3. The van der Waals surface area contributed by atoms with Crippen molar-refractivity contribution in [3.05, 3.63) is 99.4 Å². The summed E-state index contributed by atoms with van der Waals surface area (Å²) in [4.78, 5) is 24.8. The number of hydrogen-bond donors (Lipinski definition) is 2. The minimum atomic E-state index is -4.67. The molecule has 0 saturated heterocycles. The zero-order chi connectivity index (χ0) is 29.6. The average Bonchev–Trinajstić information content (AvgIpc) is 2.85. The Morgan fingerprint density at radius 3 is 2.17 bits per heavy atom. The summed E-state index contributed by atoms with van der Waals surface area (Å²) < 4.78 is 58.5. The fourth-order valence-electron chi connectivity index (χ4n) is 4.51. The molecular weight excluding hydrogens is 526 g/mol. The topological polar surface area (TPSA) is 75.6 Å². The molecule has 0 aliphatic rings. The highest BCUT2D eigenvalue weighted by molar-refractivity contribution is 5.96. The highest BCUT2D eigenvalue weighted by atomic mass is 19.4. The van der Waals surface area contributed by atoms with E-state index in [1.807, 2.05) is 32.0 Å². The Morgan fingerprint density at radius 2 is 1.60 bits per heavy atom. The van der Waals surface area contributed by atoms with E-state index in [0.717, 1.165) is 28.8 Å². The van der Waals surface area contributed by atoms with Crippen molar-refractivity contribution < 1.29 is 37.0 Å². The first kappa shape index (κ1) is 30.7. The van der Waals surface area contributed by atoms with Crippen molar-refractivity contribution >= 4 is 11.9 Å². The summed E-state index contributed by atoms with van der Waals surface area (Å²) in [5.74, 6) is -2.04. The number of carboxylic acids is 1. The Bertz CT molecular complexity index is 1350. The van der Waals surface area contributed by atoms with Crippen LogP contribution in [0.1, 0.15) is 76.5 Å². The molecule has 0 fully saturated rings. The first-order valence-electron chi connectivity index (χ1n) is 12.9. The number of ether oxygens (including phenoxy) is 1. The molecule has 3 rings (SSSR count). The van der Waals surface area contributed by atoms with E-state index in [9.17, 15) is 32.3 Å². The van der Waals surface area contributed by atoms with E-state index < -0.39 is 29.4 Å². The number of aliphatic carboxylic acids is 1. The molecule has 0 aliphatic heterocycles. The molecule has 40 heavy (non-hydrogen) atoms. The monoisotopic (exact) mass is 559 g/mol. The Labute approximate surface area is 231 Å². The van der Waals surface area contributed by atoms with Gasteiger partial charge in [-0.3, -0.25) is 9.59 Å². The molecule has 214 valence electrons. The van der Waals surface area contributed by atoms with Gasteiger partial charge in [0.1, 0.15) is 18.2 Å². The third-order valence-corrected chi connectivity index (χ3v) is 6.37. The summed E-state index contributed by atoms with van der Waals surface area (Å²) in [6, 6.07) is 12.5. The fourth-order valence-corrected chi connectivity index (χ4v) is 4.51. The van der Waals surface area contributed by atoms with Gasteiger partial charge in [0, 0.05) is 17.5 Å². The highest BCUT2D eigenvalue weighted by Gasteiger charge is 2.31. The molecule has 5 nitrogen and oxygen atoms in total. The van der Waals surface area contributed by atoms with Crippen molar-refractivity contribution in [2.45, 2.75) is 65.8 Å². The van der Waals surface area contributed by atoms with Gasteiger partial charge in [-0.2, -0.15) is 13.2 Å². The van der Waals surface area contributed by atoms with Crippen molar-refractivity contribution in [3.8, 4) is 5.75 Å². The molecule has 1 atom stereocenters. The van der Waals surface area contributed by atoms with Crippen LogP contribution in [0.3, 0.4) is 0 Å². The maximum atomic E-state index is 14.3. The van der Waals surface area contributed by atoms with Crippen LogP contribution in [0.5, 0.6) is 5.75 Å². The van der Waals surface area contributed by atoms with E-state index >= 15 is 0 Å². The van der Waals surface area contributed by atoms with E-state index in [1.165, 1.54) is 12.1 Å². The molecule has 3 aromatic rings. The van der Waals surface area contributed by atoms with Crippen LogP contribution in [0.15, 0.2) is 54.6 Å². The second kappa shape index (κ2) is 13.0. The van der Waals surface area contributed by atoms with Crippen LogP contribution in [-0.2, 0) is 24.0 Å². The predicted molar refractivity (Wildman–Crippen MR) is 144 cm³/mol. The predicted octanol–water partition coefficient (Wildman–Crippen LogP) is 7.57. The van der Waals surface area contributed by atoms with E-state index in [2.05, 4.69) is 19.2 Å². The van der Waals surface area contributed by atoms with Crippen molar-refractivity contribution in [2.75, 3.05) is 0 Å².